The van der Waals surface area contributed by atoms with Crippen LogP contribution in [0.15, 0.2) is 0 Å². The van der Waals surface area contributed by atoms with Crippen LogP contribution in [-0.4, -0.2) is 22.2 Å². The summed E-state index contributed by atoms with van der Waals surface area (Å²) >= 11 is 0. The van der Waals surface area contributed by atoms with E-state index >= 15 is 0 Å². The van der Waals surface area contributed by atoms with Crippen molar-refractivity contribution in [2.75, 3.05) is 0 Å². The van der Waals surface area contributed by atoms with Gasteiger partial charge in [0.2, 0.25) is 0 Å². The van der Waals surface area contributed by atoms with Crippen molar-refractivity contribution in [3.05, 3.63) is 0 Å². The van der Waals surface area contributed by atoms with Gasteiger partial charge in [0.1, 0.15) is 0 Å². The Morgan fingerprint density at radius 1 is 0.621 bits per heavy atom. The first kappa shape index (κ1) is 27.9. The number of unbranched alkanes of at least 4 members (excludes halogenated alkanes) is 13. The van der Waals surface area contributed by atoms with Crippen LogP contribution in [0.4, 0.5) is 0 Å². The summed E-state index contributed by atoms with van der Waals surface area (Å²) in [4.78, 5) is 22.2. The molecule has 0 aromatic rings. The van der Waals surface area contributed by atoms with Gasteiger partial charge in [-0.05, 0) is 25.2 Å². The summed E-state index contributed by atoms with van der Waals surface area (Å²) in [6.45, 7) is 4.35. The largest absolute Gasteiger partial charge is 0.481 e. The van der Waals surface area contributed by atoms with Crippen molar-refractivity contribution in [2.24, 2.45) is 11.8 Å². The molecular formula is C25H48O4. The molecule has 4 nitrogen and oxygen atoms in total. The van der Waals surface area contributed by atoms with Gasteiger partial charge in [-0.3, -0.25) is 9.59 Å². The number of carboxylic acid groups (broad SMARTS) is 2. The standard InChI is InChI=1S/C25H48O4/c1-3-5-6-13-17-20-23(25(28)29)22(4-2)19-16-14-11-9-7-8-10-12-15-18-21-24(26)27/h22-23H,3-21H2,1-2H3,(H,26,27)(H,28,29). The van der Waals surface area contributed by atoms with Crippen LogP contribution in [-0.2, 0) is 9.59 Å². The Bertz CT molecular complexity index is 394. The van der Waals surface area contributed by atoms with E-state index in [2.05, 4.69) is 13.8 Å². The van der Waals surface area contributed by atoms with Gasteiger partial charge in [0.05, 0.1) is 5.92 Å². The first-order chi connectivity index (χ1) is 14.0. The normalized spacial score (nSPS) is 13.3. The van der Waals surface area contributed by atoms with E-state index in [-0.39, 0.29) is 5.92 Å². The summed E-state index contributed by atoms with van der Waals surface area (Å²) in [6, 6.07) is 0. The predicted octanol–water partition coefficient (Wildman–Crippen LogP) is 7.84. The molecule has 0 bridgehead atoms. The highest BCUT2D eigenvalue weighted by molar-refractivity contribution is 5.70. The number of carboxylic acids is 2. The summed E-state index contributed by atoms with van der Waals surface area (Å²) in [6.07, 6.45) is 20.8. The fourth-order valence-electron chi connectivity index (χ4n) is 4.32. The van der Waals surface area contributed by atoms with Crippen LogP contribution in [0.5, 0.6) is 0 Å². The first-order valence-electron chi connectivity index (χ1n) is 12.5. The molecule has 0 fully saturated rings. The second-order valence-electron chi connectivity index (χ2n) is 8.78. The SMILES string of the molecule is CCCCCCCC(C(=O)O)C(CC)CCCCCCCCCCCCC(=O)O. The van der Waals surface area contributed by atoms with Crippen molar-refractivity contribution in [3.63, 3.8) is 0 Å². The highest BCUT2D eigenvalue weighted by Gasteiger charge is 2.25. The molecule has 172 valence electrons. The van der Waals surface area contributed by atoms with E-state index in [0.717, 1.165) is 51.4 Å². The van der Waals surface area contributed by atoms with Crippen molar-refractivity contribution < 1.29 is 19.8 Å². The number of carbonyl (C=O) groups is 2. The van der Waals surface area contributed by atoms with Crippen molar-refractivity contribution >= 4 is 11.9 Å². The summed E-state index contributed by atoms with van der Waals surface area (Å²) in [5, 5.41) is 18.3. The summed E-state index contributed by atoms with van der Waals surface area (Å²) in [5.41, 5.74) is 0. The lowest BCUT2D eigenvalue weighted by molar-refractivity contribution is -0.144. The smallest absolute Gasteiger partial charge is 0.306 e. The Labute approximate surface area is 179 Å². The zero-order valence-electron chi connectivity index (χ0n) is 19.3. The van der Waals surface area contributed by atoms with Gasteiger partial charge in [0, 0.05) is 6.42 Å². The monoisotopic (exact) mass is 412 g/mol. The zero-order chi connectivity index (χ0) is 21.7. The number of hydrogen-bond donors (Lipinski definition) is 2. The topological polar surface area (TPSA) is 74.6 Å². The Hall–Kier alpha value is -1.06. The first-order valence-corrected chi connectivity index (χ1v) is 12.5. The lowest BCUT2D eigenvalue weighted by atomic mass is 9.82. The molecule has 4 heteroatoms. The molecule has 0 spiro atoms. The van der Waals surface area contributed by atoms with Crippen LogP contribution in [0.3, 0.4) is 0 Å². The van der Waals surface area contributed by atoms with E-state index in [0.29, 0.717) is 12.3 Å². The summed E-state index contributed by atoms with van der Waals surface area (Å²) in [7, 11) is 0. The summed E-state index contributed by atoms with van der Waals surface area (Å²) in [5.74, 6) is -1.08. The minimum atomic E-state index is -0.683. The van der Waals surface area contributed by atoms with Crippen molar-refractivity contribution in [1.82, 2.24) is 0 Å². The third-order valence-corrected chi connectivity index (χ3v) is 6.24. The minimum Gasteiger partial charge on any atom is -0.481 e. The van der Waals surface area contributed by atoms with Gasteiger partial charge >= 0.3 is 11.9 Å². The predicted molar refractivity (Wildman–Crippen MR) is 121 cm³/mol. The maximum atomic E-state index is 11.7. The number of hydrogen-bond acceptors (Lipinski definition) is 2. The highest BCUT2D eigenvalue weighted by atomic mass is 16.4. The van der Waals surface area contributed by atoms with Gasteiger partial charge in [0.25, 0.3) is 0 Å². The fourth-order valence-corrected chi connectivity index (χ4v) is 4.32. The number of aliphatic carboxylic acids is 2. The molecule has 0 saturated carbocycles. The van der Waals surface area contributed by atoms with Crippen molar-refractivity contribution in [1.29, 1.82) is 0 Å². The van der Waals surface area contributed by atoms with Crippen LogP contribution in [0.2, 0.25) is 0 Å². The molecule has 2 atom stereocenters. The van der Waals surface area contributed by atoms with Crippen LogP contribution in [0.25, 0.3) is 0 Å². The quantitative estimate of drug-likeness (QED) is 0.178. The third-order valence-electron chi connectivity index (χ3n) is 6.24. The molecule has 0 heterocycles. The maximum absolute atomic E-state index is 11.7. The molecule has 29 heavy (non-hydrogen) atoms. The Kier molecular flexibility index (Phi) is 19.5. The average molecular weight is 413 g/mol. The second-order valence-corrected chi connectivity index (χ2v) is 8.78. The van der Waals surface area contributed by atoms with Gasteiger partial charge in [-0.25, -0.2) is 0 Å². The van der Waals surface area contributed by atoms with Crippen molar-refractivity contribution in [3.8, 4) is 0 Å². The molecule has 0 saturated heterocycles. The van der Waals surface area contributed by atoms with Gasteiger partial charge in [-0.2, -0.15) is 0 Å². The number of rotatable bonds is 22. The Balaban J connectivity index is 3.73. The molecule has 0 aliphatic carbocycles. The van der Waals surface area contributed by atoms with Crippen molar-refractivity contribution in [2.45, 2.75) is 136 Å². The van der Waals surface area contributed by atoms with Gasteiger partial charge in [0.15, 0.2) is 0 Å². The van der Waals surface area contributed by atoms with E-state index in [4.69, 9.17) is 5.11 Å². The molecule has 0 aromatic heterocycles. The van der Waals surface area contributed by atoms with E-state index in [9.17, 15) is 14.7 Å². The molecule has 0 aromatic carbocycles. The second kappa shape index (κ2) is 20.2. The molecule has 2 unspecified atom stereocenters. The van der Waals surface area contributed by atoms with E-state index in [1.807, 2.05) is 0 Å². The van der Waals surface area contributed by atoms with Gasteiger partial charge < -0.3 is 10.2 Å². The molecule has 0 aliphatic heterocycles. The lowest BCUT2D eigenvalue weighted by Gasteiger charge is -2.23. The van der Waals surface area contributed by atoms with Gasteiger partial charge in [-0.15, -0.1) is 0 Å². The van der Waals surface area contributed by atoms with Crippen LogP contribution in [0, 0.1) is 11.8 Å². The highest BCUT2D eigenvalue weighted by Crippen LogP contribution is 2.28. The maximum Gasteiger partial charge on any atom is 0.306 e. The molecule has 0 radical (unpaired) electrons. The lowest BCUT2D eigenvalue weighted by Crippen LogP contribution is -2.23. The average Bonchev–Trinajstić information content (AvgIpc) is 2.68. The Morgan fingerprint density at radius 2 is 1.07 bits per heavy atom. The van der Waals surface area contributed by atoms with E-state index in [1.165, 1.54) is 64.2 Å². The molecule has 2 N–H and O–H groups in total. The third kappa shape index (κ3) is 17.5. The molecule has 0 aliphatic rings. The van der Waals surface area contributed by atoms with Crippen LogP contribution >= 0.6 is 0 Å². The molecule has 0 rings (SSSR count). The summed E-state index contributed by atoms with van der Waals surface area (Å²) < 4.78 is 0. The molecular weight excluding hydrogens is 364 g/mol. The fraction of sp³-hybridized carbons (Fsp3) is 0.920. The van der Waals surface area contributed by atoms with Gasteiger partial charge in [-0.1, -0.05) is 110 Å². The zero-order valence-corrected chi connectivity index (χ0v) is 19.3. The van der Waals surface area contributed by atoms with Crippen LogP contribution < -0.4 is 0 Å². The Morgan fingerprint density at radius 3 is 1.52 bits per heavy atom. The van der Waals surface area contributed by atoms with E-state index in [1.54, 1.807) is 0 Å². The molecule has 0 amide bonds. The minimum absolute atomic E-state index is 0.150. The van der Waals surface area contributed by atoms with Crippen LogP contribution in [0.1, 0.15) is 136 Å². The van der Waals surface area contributed by atoms with E-state index < -0.39 is 11.9 Å².